The van der Waals surface area contributed by atoms with Crippen LogP contribution in [0, 0.1) is 5.41 Å². The molecule has 4 nitrogen and oxygen atoms in total. The van der Waals surface area contributed by atoms with Gasteiger partial charge in [-0.2, -0.15) is 0 Å². The molecule has 0 spiro atoms. The molecule has 5 heteroatoms. The highest BCUT2D eigenvalue weighted by Crippen LogP contribution is 2.14. The number of carboxylic acids is 1. The van der Waals surface area contributed by atoms with Crippen molar-refractivity contribution in [3.8, 4) is 0 Å². The van der Waals surface area contributed by atoms with Gasteiger partial charge in [-0.15, -0.1) is 12.4 Å². The molecule has 0 amide bonds. The van der Waals surface area contributed by atoms with Gasteiger partial charge >= 0.3 is 11.9 Å². The number of ether oxygens (including phenoxy) is 1. The van der Waals surface area contributed by atoms with Gasteiger partial charge in [0.15, 0.2) is 0 Å². The Labute approximate surface area is 77.3 Å². The van der Waals surface area contributed by atoms with Crippen LogP contribution in [-0.2, 0) is 14.3 Å². The maximum Gasteiger partial charge on any atom is 0.312 e. The lowest BCUT2D eigenvalue weighted by molar-refractivity contribution is -0.155. The second kappa shape index (κ2) is 4.98. The molecule has 0 saturated heterocycles. The maximum absolute atomic E-state index is 10.4. The van der Waals surface area contributed by atoms with E-state index in [0.717, 1.165) is 0 Å². The van der Waals surface area contributed by atoms with E-state index >= 15 is 0 Å². The van der Waals surface area contributed by atoms with Crippen molar-refractivity contribution in [2.24, 2.45) is 5.41 Å². The molecule has 0 heterocycles. The van der Waals surface area contributed by atoms with E-state index in [4.69, 9.17) is 5.11 Å². The number of aliphatic carboxylic acids is 1. The summed E-state index contributed by atoms with van der Waals surface area (Å²) in [7, 11) is 0. The van der Waals surface area contributed by atoms with E-state index in [1.54, 1.807) is 0 Å². The first-order valence-electron chi connectivity index (χ1n) is 3.23. The molecule has 0 rings (SSSR count). The minimum absolute atomic E-state index is 0. The molecule has 0 radical (unpaired) electrons. The zero-order valence-corrected chi connectivity index (χ0v) is 8.10. The second-order valence-electron chi connectivity index (χ2n) is 2.97. The molecule has 0 atom stereocenters. The third-order valence-electron chi connectivity index (χ3n) is 1.22. The van der Waals surface area contributed by atoms with Gasteiger partial charge in [0, 0.05) is 6.92 Å². The number of carboxylic acid groups (broad SMARTS) is 1. The fourth-order valence-electron chi connectivity index (χ4n) is 0.344. The summed E-state index contributed by atoms with van der Waals surface area (Å²) in [5.74, 6) is -1.43. The third kappa shape index (κ3) is 4.96. The summed E-state index contributed by atoms with van der Waals surface area (Å²) in [6.45, 7) is 4.16. The monoisotopic (exact) mass is 196 g/mol. The van der Waals surface area contributed by atoms with Gasteiger partial charge in [0.05, 0.1) is 5.41 Å². The smallest absolute Gasteiger partial charge is 0.312 e. The van der Waals surface area contributed by atoms with Crippen LogP contribution in [0.1, 0.15) is 20.8 Å². The Kier molecular flexibility index (Phi) is 5.72. The molecule has 12 heavy (non-hydrogen) atoms. The Morgan fingerprint density at radius 2 is 1.83 bits per heavy atom. The lowest BCUT2D eigenvalue weighted by atomic mass is 9.95. The fraction of sp³-hybridized carbons (Fsp3) is 0.714. The van der Waals surface area contributed by atoms with E-state index in [2.05, 4.69) is 4.74 Å². The SMILES string of the molecule is CC(=O)OCC(C)(C)C(=O)O.Cl. The van der Waals surface area contributed by atoms with Gasteiger partial charge in [-0.3, -0.25) is 9.59 Å². The van der Waals surface area contributed by atoms with E-state index in [9.17, 15) is 9.59 Å². The maximum atomic E-state index is 10.4. The number of hydrogen-bond donors (Lipinski definition) is 1. The summed E-state index contributed by atoms with van der Waals surface area (Å²) >= 11 is 0. The normalized spacial score (nSPS) is 9.92. The van der Waals surface area contributed by atoms with Crippen molar-refractivity contribution < 1.29 is 19.4 Å². The molecule has 0 aliphatic carbocycles. The molecule has 0 saturated carbocycles. The summed E-state index contributed by atoms with van der Waals surface area (Å²) in [6.07, 6.45) is 0. The molecule has 0 fully saturated rings. The predicted octanol–water partition coefficient (Wildman–Crippen LogP) is 1.08. The van der Waals surface area contributed by atoms with E-state index in [1.165, 1.54) is 20.8 Å². The minimum Gasteiger partial charge on any atom is -0.481 e. The first kappa shape index (κ1) is 13.8. The van der Waals surface area contributed by atoms with Crippen LogP contribution in [0.4, 0.5) is 0 Å². The molecular weight excluding hydrogens is 184 g/mol. The van der Waals surface area contributed by atoms with Crippen LogP contribution < -0.4 is 0 Å². The number of hydrogen-bond acceptors (Lipinski definition) is 3. The van der Waals surface area contributed by atoms with Crippen LogP contribution in [0.25, 0.3) is 0 Å². The molecule has 0 bridgehead atoms. The van der Waals surface area contributed by atoms with Crippen molar-refractivity contribution in [2.45, 2.75) is 20.8 Å². The highest BCUT2D eigenvalue weighted by atomic mass is 35.5. The van der Waals surface area contributed by atoms with E-state index in [0.29, 0.717) is 0 Å². The molecule has 0 aromatic heterocycles. The number of carbonyl (C=O) groups excluding carboxylic acids is 1. The van der Waals surface area contributed by atoms with Crippen molar-refractivity contribution in [1.82, 2.24) is 0 Å². The second-order valence-corrected chi connectivity index (χ2v) is 2.97. The molecule has 0 aliphatic rings. The number of esters is 1. The van der Waals surface area contributed by atoms with Crippen molar-refractivity contribution in [3.63, 3.8) is 0 Å². The minimum atomic E-state index is -0.994. The molecular formula is C7H13ClO4. The van der Waals surface area contributed by atoms with Crippen molar-refractivity contribution in [2.75, 3.05) is 6.61 Å². The van der Waals surface area contributed by atoms with Crippen LogP contribution in [0.3, 0.4) is 0 Å². The Morgan fingerprint density at radius 3 is 2.08 bits per heavy atom. The molecule has 0 aromatic rings. The largest absolute Gasteiger partial charge is 0.481 e. The standard InChI is InChI=1S/C7H12O4.ClH/c1-5(8)11-4-7(2,3)6(9)10;/h4H2,1-3H3,(H,9,10);1H. The van der Waals surface area contributed by atoms with Gasteiger partial charge in [0.2, 0.25) is 0 Å². The number of halogens is 1. The number of rotatable bonds is 3. The van der Waals surface area contributed by atoms with E-state index in [-0.39, 0.29) is 19.0 Å². The fourth-order valence-corrected chi connectivity index (χ4v) is 0.344. The van der Waals surface area contributed by atoms with Gasteiger partial charge in [0.25, 0.3) is 0 Å². The topological polar surface area (TPSA) is 63.6 Å². The Bertz CT molecular complexity index is 176. The van der Waals surface area contributed by atoms with Gasteiger partial charge in [-0.25, -0.2) is 0 Å². The van der Waals surface area contributed by atoms with Crippen LogP contribution >= 0.6 is 12.4 Å². The van der Waals surface area contributed by atoms with Gasteiger partial charge in [-0.05, 0) is 13.8 Å². The van der Waals surface area contributed by atoms with Crippen molar-refractivity contribution >= 4 is 24.3 Å². The Morgan fingerprint density at radius 1 is 1.42 bits per heavy atom. The average Bonchev–Trinajstić information content (AvgIpc) is 1.84. The van der Waals surface area contributed by atoms with Crippen LogP contribution in [0.5, 0.6) is 0 Å². The molecule has 0 aromatic carbocycles. The van der Waals surface area contributed by atoms with Crippen LogP contribution in [0.2, 0.25) is 0 Å². The predicted molar refractivity (Wildman–Crippen MR) is 45.3 cm³/mol. The summed E-state index contributed by atoms with van der Waals surface area (Å²) in [5, 5.41) is 8.56. The van der Waals surface area contributed by atoms with E-state index < -0.39 is 17.4 Å². The van der Waals surface area contributed by atoms with E-state index in [1.807, 2.05) is 0 Å². The highest BCUT2D eigenvalue weighted by molar-refractivity contribution is 5.85. The average molecular weight is 197 g/mol. The lowest BCUT2D eigenvalue weighted by Crippen LogP contribution is -2.30. The Balaban J connectivity index is 0. The molecule has 72 valence electrons. The van der Waals surface area contributed by atoms with Crippen LogP contribution in [-0.4, -0.2) is 23.7 Å². The first-order chi connectivity index (χ1) is 4.86. The molecule has 1 N–H and O–H groups in total. The van der Waals surface area contributed by atoms with Gasteiger partial charge < -0.3 is 9.84 Å². The zero-order valence-electron chi connectivity index (χ0n) is 7.29. The van der Waals surface area contributed by atoms with Gasteiger partial charge in [0.1, 0.15) is 6.61 Å². The highest BCUT2D eigenvalue weighted by Gasteiger charge is 2.28. The summed E-state index contributed by atoms with van der Waals surface area (Å²) in [6, 6.07) is 0. The first-order valence-corrected chi connectivity index (χ1v) is 3.23. The summed E-state index contributed by atoms with van der Waals surface area (Å²) < 4.78 is 4.55. The Hall–Kier alpha value is -0.770. The van der Waals surface area contributed by atoms with Crippen molar-refractivity contribution in [1.29, 1.82) is 0 Å². The van der Waals surface area contributed by atoms with Crippen molar-refractivity contribution in [3.05, 3.63) is 0 Å². The molecule has 0 aliphatic heterocycles. The third-order valence-corrected chi connectivity index (χ3v) is 1.22. The summed E-state index contributed by atoms with van der Waals surface area (Å²) in [5.41, 5.74) is -0.994. The lowest BCUT2D eigenvalue weighted by Gasteiger charge is -2.17. The molecule has 0 unspecified atom stereocenters. The van der Waals surface area contributed by atoms with Gasteiger partial charge in [-0.1, -0.05) is 0 Å². The number of carbonyl (C=O) groups is 2. The van der Waals surface area contributed by atoms with Crippen LogP contribution in [0.15, 0.2) is 0 Å². The summed E-state index contributed by atoms with van der Waals surface area (Å²) in [4.78, 5) is 20.7. The quantitative estimate of drug-likeness (QED) is 0.687. The zero-order chi connectivity index (χ0) is 9.07.